The van der Waals surface area contributed by atoms with E-state index in [1.165, 1.54) is 6.07 Å². The second-order valence-electron chi connectivity index (χ2n) is 11.9. The van der Waals surface area contributed by atoms with Crippen LogP contribution in [0.15, 0.2) is 66.7 Å². The van der Waals surface area contributed by atoms with Gasteiger partial charge in [0.2, 0.25) is 0 Å². The van der Waals surface area contributed by atoms with Crippen LogP contribution in [0.3, 0.4) is 0 Å². The Hall–Kier alpha value is -4.68. The maximum atomic E-state index is 13.2. The highest BCUT2D eigenvalue weighted by molar-refractivity contribution is 7.85. The lowest BCUT2D eigenvalue weighted by Gasteiger charge is -2.27. The van der Waals surface area contributed by atoms with Gasteiger partial charge in [0.25, 0.3) is 32.1 Å². The molecule has 1 aliphatic heterocycles. The number of amides is 2. The standard InChI is InChI=1S/C31H35N5O4.2CH4O3S/c1-19(2)27(18-36-15-5-6-16-36)35-29(37)21-11-14-24(26(17-21)31(39)40)23-7-3-4-8-25(23)30(38)34-22-12-9-20(10-13-22)28(32)33;2*1-5(2,3)4/h3-4,7-14,17,19,27H,5-6,15-16,18H2,1-2H3,(H3,32,33)(H,34,38)(H,35,37)(H,39,40);2*1H3,(H,2,3,4). The van der Waals surface area contributed by atoms with Gasteiger partial charge in [-0.25, -0.2) is 4.79 Å². The number of carbonyl (C=O) groups excluding carboxylic acids is 2. The normalized spacial score (nSPS) is 13.6. The van der Waals surface area contributed by atoms with E-state index in [9.17, 15) is 36.3 Å². The second kappa shape index (κ2) is 18.4. The summed E-state index contributed by atoms with van der Waals surface area (Å²) in [6.45, 7) is 6.92. The first kappa shape index (κ1) is 41.5. The molecule has 15 nitrogen and oxygen atoms in total. The molecule has 1 heterocycles. The Bertz CT molecular complexity index is 1850. The van der Waals surface area contributed by atoms with Crippen molar-refractivity contribution in [2.24, 2.45) is 11.7 Å². The van der Waals surface area contributed by atoms with E-state index in [0.717, 1.165) is 32.5 Å². The summed E-state index contributed by atoms with van der Waals surface area (Å²) >= 11 is 0. The van der Waals surface area contributed by atoms with Gasteiger partial charge in [-0.15, -0.1) is 0 Å². The molecular formula is C33H43N5O10S2. The van der Waals surface area contributed by atoms with E-state index in [-0.39, 0.29) is 40.4 Å². The lowest BCUT2D eigenvalue weighted by atomic mass is 9.93. The lowest BCUT2D eigenvalue weighted by molar-refractivity contribution is 0.0697. The molecule has 0 saturated carbocycles. The van der Waals surface area contributed by atoms with Crippen LogP contribution in [0, 0.1) is 11.3 Å². The number of benzene rings is 3. The number of likely N-dealkylation sites (tertiary alicyclic amines) is 1. The molecule has 1 atom stereocenters. The Morgan fingerprint density at radius 2 is 1.32 bits per heavy atom. The number of anilines is 1. The first-order valence-corrected chi connectivity index (χ1v) is 18.9. The molecule has 3 aromatic carbocycles. The van der Waals surface area contributed by atoms with Gasteiger partial charge in [-0.3, -0.25) is 24.1 Å². The number of nitrogens with one attached hydrogen (secondary N) is 3. The van der Waals surface area contributed by atoms with E-state index in [1.54, 1.807) is 60.7 Å². The number of amidine groups is 1. The van der Waals surface area contributed by atoms with Crippen molar-refractivity contribution in [1.29, 1.82) is 5.41 Å². The summed E-state index contributed by atoms with van der Waals surface area (Å²) < 4.78 is 51.7. The number of carboxylic acids is 1. The number of nitrogens with two attached hydrogens (primary N) is 1. The average molecular weight is 734 g/mol. The van der Waals surface area contributed by atoms with Crippen LogP contribution in [-0.4, -0.2) is 97.8 Å². The van der Waals surface area contributed by atoms with Crippen molar-refractivity contribution in [3.63, 3.8) is 0 Å². The van der Waals surface area contributed by atoms with Crippen molar-refractivity contribution in [3.8, 4) is 11.1 Å². The van der Waals surface area contributed by atoms with E-state index in [1.807, 2.05) is 0 Å². The summed E-state index contributed by atoms with van der Waals surface area (Å²) in [4.78, 5) is 41.1. The largest absolute Gasteiger partial charge is 0.478 e. The van der Waals surface area contributed by atoms with E-state index >= 15 is 0 Å². The first-order valence-electron chi connectivity index (χ1n) is 15.2. The van der Waals surface area contributed by atoms with Gasteiger partial charge in [-0.1, -0.05) is 38.1 Å². The number of carboxylic acid groups (broad SMARTS) is 1. The molecular weight excluding hydrogens is 691 g/mol. The fourth-order valence-electron chi connectivity index (χ4n) is 4.86. The predicted octanol–water partition coefficient (Wildman–Crippen LogP) is 3.45. The van der Waals surface area contributed by atoms with Crippen molar-refractivity contribution in [3.05, 3.63) is 89.0 Å². The van der Waals surface area contributed by atoms with E-state index in [0.29, 0.717) is 34.9 Å². The monoisotopic (exact) mass is 733 g/mol. The van der Waals surface area contributed by atoms with Gasteiger partial charge in [0.1, 0.15) is 5.84 Å². The number of hydrogen-bond acceptors (Lipinski definition) is 9. The molecule has 50 heavy (non-hydrogen) atoms. The van der Waals surface area contributed by atoms with Gasteiger partial charge in [0.05, 0.1) is 18.1 Å². The van der Waals surface area contributed by atoms with Gasteiger partial charge in [-0.2, -0.15) is 16.8 Å². The second-order valence-corrected chi connectivity index (χ2v) is 14.8. The number of rotatable bonds is 10. The van der Waals surface area contributed by atoms with E-state index in [4.69, 9.17) is 20.2 Å². The van der Waals surface area contributed by atoms with E-state index < -0.39 is 32.1 Å². The summed E-state index contributed by atoms with van der Waals surface area (Å²) in [6, 6.07) is 17.8. The van der Waals surface area contributed by atoms with Crippen LogP contribution >= 0.6 is 0 Å². The van der Waals surface area contributed by atoms with Crippen LogP contribution in [0.4, 0.5) is 5.69 Å². The minimum Gasteiger partial charge on any atom is -0.478 e. The van der Waals surface area contributed by atoms with Crippen molar-refractivity contribution >= 4 is 49.5 Å². The third-order valence-corrected chi connectivity index (χ3v) is 7.20. The topological polar surface area (TPSA) is 257 Å². The molecule has 8 N–H and O–H groups in total. The number of nitrogen functional groups attached to an aromatic ring is 1. The highest BCUT2D eigenvalue weighted by Crippen LogP contribution is 2.29. The van der Waals surface area contributed by atoms with Crippen LogP contribution in [0.2, 0.25) is 0 Å². The molecule has 1 saturated heterocycles. The van der Waals surface area contributed by atoms with Crippen LogP contribution < -0.4 is 16.4 Å². The quantitative estimate of drug-likeness (QED) is 0.0898. The summed E-state index contributed by atoms with van der Waals surface area (Å²) in [6.07, 6.45) is 3.75. The van der Waals surface area contributed by atoms with Crippen molar-refractivity contribution in [1.82, 2.24) is 10.2 Å². The minimum atomic E-state index is -3.67. The Morgan fingerprint density at radius 1 is 0.820 bits per heavy atom. The fraction of sp³-hybridized carbons (Fsp3) is 0.333. The maximum absolute atomic E-state index is 13.2. The molecule has 0 aromatic heterocycles. The molecule has 272 valence electrons. The first-order chi connectivity index (χ1) is 23.1. The Labute approximate surface area is 291 Å². The summed E-state index contributed by atoms with van der Waals surface area (Å²) in [5, 5.41) is 23.5. The smallest absolute Gasteiger partial charge is 0.336 e. The summed E-state index contributed by atoms with van der Waals surface area (Å²) in [5.74, 6) is -1.81. The van der Waals surface area contributed by atoms with Crippen LogP contribution in [0.1, 0.15) is 63.3 Å². The molecule has 0 radical (unpaired) electrons. The predicted molar refractivity (Wildman–Crippen MR) is 191 cm³/mol. The fourth-order valence-corrected chi connectivity index (χ4v) is 4.86. The SMILES string of the molecule is CC(C)C(CN1CCCC1)NC(=O)c1ccc(-c2ccccc2C(=O)Nc2ccc(C(=N)N)cc2)c(C(=O)O)c1.CS(=O)(=O)O.CS(=O)(=O)O. The third kappa shape index (κ3) is 14.8. The summed E-state index contributed by atoms with van der Waals surface area (Å²) in [5.41, 5.74) is 7.76. The molecule has 17 heteroatoms. The molecule has 1 fully saturated rings. The number of hydrogen-bond donors (Lipinski definition) is 7. The van der Waals surface area contributed by atoms with E-state index in [2.05, 4.69) is 29.4 Å². The molecule has 0 aliphatic carbocycles. The highest BCUT2D eigenvalue weighted by atomic mass is 32.2. The molecule has 1 unspecified atom stereocenters. The zero-order valence-corrected chi connectivity index (χ0v) is 29.7. The molecule has 2 amide bonds. The van der Waals surface area contributed by atoms with Gasteiger partial charge < -0.3 is 26.4 Å². The van der Waals surface area contributed by atoms with Gasteiger partial charge in [0, 0.05) is 35.0 Å². The van der Waals surface area contributed by atoms with Gasteiger partial charge >= 0.3 is 5.97 Å². The van der Waals surface area contributed by atoms with Crippen LogP contribution in [0.25, 0.3) is 11.1 Å². The third-order valence-electron chi connectivity index (χ3n) is 7.20. The summed E-state index contributed by atoms with van der Waals surface area (Å²) in [7, 11) is -7.33. The zero-order valence-electron chi connectivity index (χ0n) is 28.1. The lowest BCUT2D eigenvalue weighted by Crippen LogP contribution is -2.46. The Balaban J connectivity index is 0.000000761. The maximum Gasteiger partial charge on any atom is 0.336 e. The van der Waals surface area contributed by atoms with Crippen molar-refractivity contribution in [2.75, 3.05) is 37.5 Å². The number of nitrogens with zero attached hydrogens (tertiary/aromatic N) is 1. The highest BCUT2D eigenvalue weighted by Gasteiger charge is 2.24. The Morgan fingerprint density at radius 3 is 1.82 bits per heavy atom. The molecule has 0 bridgehead atoms. The van der Waals surface area contributed by atoms with Gasteiger partial charge in [-0.05, 0) is 85.4 Å². The van der Waals surface area contributed by atoms with Crippen molar-refractivity contribution in [2.45, 2.75) is 32.7 Å². The number of carbonyl (C=O) groups is 3. The molecule has 1 aliphatic rings. The Kier molecular flexibility index (Phi) is 15.2. The molecule has 3 aromatic rings. The average Bonchev–Trinajstić information content (AvgIpc) is 3.52. The molecule has 0 spiro atoms. The molecule has 4 rings (SSSR count). The number of aromatic carboxylic acids is 1. The zero-order chi connectivity index (χ0) is 37.8. The van der Waals surface area contributed by atoms with Crippen molar-refractivity contribution < 1.29 is 45.4 Å². The van der Waals surface area contributed by atoms with Gasteiger partial charge in [0.15, 0.2) is 0 Å². The minimum absolute atomic E-state index is 0.0625. The van der Waals surface area contributed by atoms with Crippen LogP contribution in [-0.2, 0) is 20.2 Å². The van der Waals surface area contributed by atoms with Crippen LogP contribution in [0.5, 0.6) is 0 Å².